The number of thiazole rings is 1. The lowest BCUT2D eigenvalue weighted by Gasteiger charge is -2.08. The minimum atomic E-state index is -0.151. The number of ether oxygens (including phenoxy) is 1. The van der Waals surface area contributed by atoms with Gasteiger partial charge in [-0.1, -0.05) is 26.0 Å². The first-order valence-corrected chi connectivity index (χ1v) is 9.95. The number of aromatic nitrogens is 2. The summed E-state index contributed by atoms with van der Waals surface area (Å²) >= 11 is 1.45. The van der Waals surface area contributed by atoms with Gasteiger partial charge in [-0.3, -0.25) is 9.20 Å². The monoisotopic (exact) mass is 391 g/mol. The van der Waals surface area contributed by atoms with E-state index in [0.29, 0.717) is 11.6 Å². The van der Waals surface area contributed by atoms with Crippen LogP contribution in [0.4, 0.5) is 5.69 Å². The van der Waals surface area contributed by atoms with E-state index in [0.717, 1.165) is 27.7 Å². The Labute approximate surface area is 167 Å². The Morgan fingerprint density at radius 3 is 2.46 bits per heavy atom. The van der Waals surface area contributed by atoms with Crippen LogP contribution in [-0.2, 0) is 0 Å². The minimum Gasteiger partial charge on any atom is -0.497 e. The third-order valence-corrected chi connectivity index (χ3v) is 5.50. The van der Waals surface area contributed by atoms with Crippen molar-refractivity contribution in [3.05, 3.63) is 71.4 Å². The summed E-state index contributed by atoms with van der Waals surface area (Å²) in [7, 11) is 1.64. The second-order valence-electron chi connectivity index (χ2n) is 6.86. The lowest BCUT2D eigenvalue weighted by Crippen LogP contribution is -2.13. The molecule has 0 saturated heterocycles. The van der Waals surface area contributed by atoms with Gasteiger partial charge in [-0.25, -0.2) is 4.98 Å². The Morgan fingerprint density at radius 1 is 1.11 bits per heavy atom. The van der Waals surface area contributed by atoms with Crippen molar-refractivity contribution in [1.29, 1.82) is 0 Å². The number of nitrogens with zero attached hydrogens (tertiary/aromatic N) is 2. The molecule has 2 heterocycles. The molecule has 0 aliphatic heterocycles. The van der Waals surface area contributed by atoms with E-state index in [9.17, 15) is 4.79 Å². The maximum atomic E-state index is 12.8. The zero-order chi connectivity index (χ0) is 19.7. The van der Waals surface area contributed by atoms with Crippen LogP contribution in [0.3, 0.4) is 0 Å². The highest BCUT2D eigenvalue weighted by molar-refractivity contribution is 7.15. The number of hydrogen-bond donors (Lipinski definition) is 1. The van der Waals surface area contributed by atoms with Crippen LogP contribution in [-0.4, -0.2) is 22.4 Å². The van der Waals surface area contributed by atoms with Crippen molar-refractivity contribution in [3.63, 3.8) is 0 Å². The number of benzene rings is 2. The molecule has 142 valence electrons. The molecule has 6 heteroatoms. The molecule has 0 aliphatic rings. The lowest BCUT2D eigenvalue weighted by molar-refractivity contribution is 0.102. The van der Waals surface area contributed by atoms with Crippen LogP contribution in [0.2, 0.25) is 0 Å². The van der Waals surface area contributed by atoms with Gasteiger partial charge in [0.05, 0.1) is 12.8 Å². The van der Waals surface area contributed by atoms with Gasteiger partial charge in [0, 0.05) is 22.8 Å². The van der Waals surface area contributed by atoms with Gasteiger partial charge in [-0.05, 0) is 47.9 Å². The van der Waals surface area contributed by atoms with E-state index in [-0.39, 0.29) is 5.91 Å². The molecule has 1 N–H and O–H groups in total. The van der Waals surface area contributed by atoms with Gasteiger partial charge >= 0.3 is 0 Å². The van der Waals surface area contributed by atoms with E-state index in [1.54, 1.807) is 7.11 Å². The predicted octanol–water partition coefficient (Wildman–Crippen LogP) is 5.45. The average molecular weight is 391 g/mol. The van der Waals surface area contributed by atoms with Gasteiger partial charge in [0.2, 0.25) is 0 Å². The number of rotatable bonds is 5. The zero-order valence-corrected chi connectivity index (χ0v) is 16.8. The van der Waals surface area contributed by atoms with Crippen molar-refractivity contribution >= 4 is 27.9 Å². The van der Waals surface area contributed by atoms with Crippen molar-refractivity contribution in [2.24, 2.45) is 0 Å². The first-order valence-electron chi connectivity index (χ1n) is 9.07. The number of hydrogen-bond acceptors (Lipinski definition) is 4. The van der Waals surface area contributed by atoms with Crippen LogP contribution in [0.1, 0.15) is 35.8 Å². The molecule has 0 aliphatic carbocycles. The number of amides is 1. The van der Waals surface area contributed by atoms with Crippen LogP contribution in [0.5, 0.6) is 5.75 Å². The van der Waals surface area contributed by atoms with Gasteiger partial charge in [0.1, 0.15) is 11.4 Å². The normalized spacial score (nSPS) is 11.1. The summed E-state index contributed by atoms with van der Waals surface area (Å²) in [5, 5.41) is 4.80. The van der Waals surface area contributed by atoms with Crippen molar-refractivity contribution in [2.75, 3.05) is 12.4 Å². The van der Waals surface area contributed by atoms with Crippen molar-refractivity contribution in [1.82, 2.24) is 9.38 Å². The van der Waals surface area contributed by atoms with Gasteiger partial charge < -0.3 is 10.1 Å². The minimum absolute atomic E-state index is 0.151. The SMILES string of the molecule is COc1ccc(-c2cn3c(C(=O)Nc4ccc(C(C)C)cc4)csc3n2)cc1. The number of anilines is 1. The van der Waals surface area contributed by atoms with Gasteiger partial charge in [0.25, 0.3) is 5.91 Å². The molecule has 4 rings (SSSR count). The number of nitrogens with one attached hydrogen (secondary N) is 1. The first kappa shape index (κ1) is 18.3. The Balaban J connectivity index is 1.58. The summed E-state index contributed by atoms with van der Waals surface area (Å²) in [6.07, 6.45) is 1.89. The molecule has 2 aromatic carbocycles. The standard InChI is InChI=1S/C22H21N3O2S/c1-14(2)15-4-8-17(9-5-15)23-21(26)20-13-28-22-24-19(12-25(20)22)16-6-10-18(27-3)11-7-16/h4-14H,1-3H3,(H,23,26). The molecule has 5 nitrogen and oxygen atoms in total. The van der Waals surface area contributed by atoms with Crippen LogP contribution in [0, 0.1) is 0 Å². The number of fused-ring (bicyclic) bond motifs is 1. The number of carbonyl (C=O) groups excluding carboxylic acids is 1. The third-order valence-electron chi connectivity index (χ3n) is 4.66. The van der Waals surface area contributed by atoms with E-state index >= 15 is 0 Å². The van der Waals surface area contributed by atoms with Crippen molar-refractivity contribution in [2.45, 2.75) is 19.8 Å². The fourth-order valence-corrected chi connectivity index (χ4v) is 3.85. The predicted molar refractivity (Wildman–Crippen MR) is 114 cm³/mol. The molecule has 0 spiro atoms. The molecular weight excluding hydrogens is 370 g/mol. The highest BCUT2D eigenvalue weighted by atomic mass is 32.1. The van der Waals surface area contributed by atoms with E-state index < -0.39 is 0 Å². The second-order valence-corrected chi connectivity index (χ2v) is 7.70. The molecule has 0 unspecified atom stereocenters. The molecule has 0 bridgehead atoms. The average Bonchev–Trinajstić information content (AvgIpc) is 3.29. The summed E-state index contributed by atoms with van der Waals surface area (Å²) in [4.78, 5) is 18.2. The number of methoxy groups -OCH3 is 1. The molecule has 4 aromatic rings. The number of carbonyl (C=O) groups is 1. The lowest BCUT2D eigenvalue weighted by atomic mass is 10.0. The van der Waals surface area contributed by atoms with Gasteiger partial charge in [0.15, 0.2) is 4.96 Å². The highest BCUT2D eigenvalue weighted by Crippen LogP contribution is 2.26. The van der Waals surface area contributed by atoms with Gasteiger partial charge in [-0.15, -0.1) is 11.3 Å². The topological polar surface area (TPSA) is 55.6 Å². The summed E-state index contributed by atoms with van der Waals surface area (Å²) in [5.74, 6) is 1.11. The van der Waals surface area contributed by atoms with E-state index in [1.807, 2.05) is 64.5 Å². The van der Waals surface area contributed by atoms with Crippen molar-refractivity contribution in [3.8, 4) is 17.0 Å². The summed E-state index contributed by atoms with van der Waals surface area (Å²) < 4.78 is 7.04. The van der Waals surface area contributed by atoms with Gasteiger partial charge in [-0.2, -0.15) is 0 Å². The fraction of sp³-hybridized carbons (Fsp3) is 0.182. The number of imidazole rings is 1. The van der Waals surface area contributed by atoms with Crippen LogP contribution >= 0.6 is 11.3 Å². The maximum absolute atomic E-state index is 12.8. The third kappa shape index (κ3) is 3.51. The molecule has 0 atom stereocenters. The van der Waals surface area contributed by atoms with E-state index in [4.69, 9.17) is 4.74 Å². The molecule has 2 aromatic heterocycles. The first-order chi connectivity index (χ1) is 13.5. The Kier molecular flexibility index (Phi) is 4.88. The maximum Gasteiger partial charge on any atom is 0.273 e. The second kappa shape index (κ2) is 7.48. The molecule has 1 amide bonds. The zero-order valence-electron chi connectivity index (χ0n) is 16.0. The van der Waals surface area contributed by atoms with E-state index in [1.165, 1.54) is 16.9 Å². The fourth-order valence-electron chi connectivity index (χ4n) is 2.99. The van der Waals surface area contributed by atoms with Crippen LogP contribution in [0.15, 0.2) is 60.1 Å². The summed E-state index contributed by atoms with van der Waals surface area (Å²) in [5.41, 5.74) is 4.40. The summed E-state index contributed by atoms with van der Waals surface area (Å²) in [6.45, 7) is 4.30. The molecule has 28 heavy (non-hydrogen) atoms. The Morgan fingerprint density at radius 2 is 1.82 bits per heavy atom. The molecule has 0 saturated carbocycles. The Bertz CT molecular complexity index is 1110. The molecule has 0 radical (unpaired) electrons. The summed E-state index contributed by atoms with van der Waals surface area (Å²) in [6, 6.07) is 15.7. The molecular formula is C22H21N3O2S. The quantitative estimate of drug-likeness (QED) is 0.492. The van der Waals surface area contributed by atoms with Crippen molar-refractivity contribution < 1.29 is 9.53 Å². The van der Waals surface area contributed by atoms with E-state index in [2.05, 4.69) is 24.1 Å². The molecule has 0 fully saturated rings. The largest absolute Gasteiger partial charge is 0.497 e. The Hall–Kier alpha value is -3.12. The van der Waals surface area contributed by atoms with Crippen LogP contribution in [0.25, 0.3) is 16.2 Å². The highest BCUT2D eigenvalue weighted by Gasteiger charge is 2.15. The smallest absolute Gasteiger partial charge is 0.273 e. The van der Waals surface area contributed by atoms with Crippen LogP contribution < -0.4 is 10.1 Å².